The third kappa shape index (κ3) is 3.32. The van der Waals surface area contributed by atoms with Gasteiger partial charge in [0.1, 0.15) is 6.04 Å². The molecule has 0 aromatic carbocycles. The van der Waals surface area contributed by atoms with Crippen molar-refractivity contribution in [1.82, 2.24) is 10.2 Å². The van der Waals surface area contributed by atoms with E-state index in [-0.39, 0.29) is 18.9 Å². The summed E-state index contributed by atoms with van der Waals surface area (Å²) in [7, 11) is 1.43. The fourth-order valence-electron chi connectivity index (χ4n) is 2.29. The number of amides is 1. The smallest absolute Gasteiger partial charge is 0.358 e. The third-order valence-corrected chi connectivity index (χ3v) is 3.06. The molecule has 0 aromatic heterocycles. The molecule has 1 saturated heterocycles. The molecule has 1 rings (SSSR count). The number of likely N-dealkylation sites (N-methyl/N-ethyl adjacent to an activating group) is 1. The van der Waals surface area contributed by atoms with E-state index < -0.39 is 18.3 Å². The van der Waals surface area contributed by atoms with E-state index in [0.29, 0.717) is 19.4 Å². The fraction of sp³-hybridized carbons (Fsp3) is 0.900. The lowest BCUT2D eigenvalue weighted by Gasteiger charge is -2.33. The molecule has 1 amide bonds. The molecule has 7 heteroatoms. The number of halogens is 3. The summed E-state index contributed by atoms with van der Waals surface area (Å²) in [6.45, 7) is 0.253. The summed E-state index contributed by atoms with van der Waals surface area (Å²) in [5.41, 5.74) is 5.22. The SMILES string of the molecule is CNC(=O)C1CCCN1C(CCN)C(F)(F)F. The zero-order valence-electron chi connectivity index (χ0n) is 9.76. The molecule has 1 aliphatic heterocycles. The molecule has 3 N–H and O–H groups in total. The van der Waals surface area contributed by atoms with E-state index >= 15 is 0 Å². The van der Waals surface area contributed by atoms with Gasteiger partial charge in [-0.25, -0.2) is 0 Å². The average molecular weight is 253 g/mol. The molecule has 2 atom stereocenters. The lowest BCUT2D eigenvalue weighted by atomic mass is 10.1. The van der Waals surface area contributed by atoms with Crippen LogP contribution in [0.1, 0.15) is 19.3 Å². The number of nitrogens with two attached hydrogens (primary N) is 1. The van der Waals surface area contributed by atoms with Crippen molar-refractivity contribution < 1.29 is 18.0 Å². The van der Waals surface area contributed by atoms with E-state index in [4.69, 9.17) is 5.73 Å². The van der Waals surface area contributed by atoms with Crippen molar-refractivity contribution in [2.45, 2.75) is 37.5 Å². The average Bonchev–Trinajstić information content (AvgIpc) is 2.71. The highest BCUT2D eigenvalue weighted by Gasteiger charge is 2.47. The third-order valence-electron chi connectivity index (χ3n) is 3.06. The standard InChI is InChI=1S/C10H18F3N3O/c1-15-9(17)7-3-2-6-16(7)8(4-5-14)10(11,12)13/h7-8H,2-6,14H2,1H3,(H,15,17). The highest BCUT2D eigenvalue weighted by Crippen LogP contribution is 2.32. The number of nitrogens with zero attached hydrogens (tertiary/aromatic N) is 1. The van der Waals surface area contributed by atoms with E-state index in [0.717, 1.165) is 0 Å². The number of alkyl halides is 3. The van der Waals surface area contributed by atoms with Crippen LogP contribution in [0.5, 0.6) is 0 Å². The van der Waals surface area contributed by atoms with Gasteiger partial charge in [-0.3, -0.25) is 9.69 Å². The Hall–Kier alpha value is -0.820. The Labute approximate surface area is 98.3 Å². The normalized spacial score (nSPS) is 23.7. The summed E-state index contributed by atoms with van der Waals surface area (Å²) in [5, 5.41) is 2.41. The van der Waals surface area contributed by atoms with E-state index in [1.165, 1.54) is 11.9 Å². The number of carbonyl (C=O) groups excluding carboxylic acids is 1. The first-order valence-corrected chi connectivity index (χ1v) is 5.66. The number of nitrogens with one attached hydrogen (secondary N) is 1. The molecular formula is C10H18F3N3O. The Kier molecular flexibility index (Phi) is 4.76. The minimum absolute atomic E-state index is 0.0405. The molecule has 0 bridgehead atoms. The molecule has 1 heterocycles. The first kappa shape index (κ1) is 14.2. The minimum Gasteiger partial charge on any atom is -0.358 e. The van der Waals surface area contributed by atoms with Gasteiger partial charge in [0.05, 0.1) is 6.04 Å². The fourth-order valence-corrected chi connectivity index (χ4v) is 2.29. The van der Waals surface area contributed by atoms with Crippen molar-refractivity contribution in [3.05, 3.63) is 0 Å². The zero-order chi connectivity index (χ0) is 13.1. The van der Waals surface area contributed by atoms with Crippen molar-refractivity contribution in [1.29, 1.82) is 0 Å². The van der Waals surface area contributed by atoms with Crippen molar-refractivity contribution in [3.63, 3.8) is 0 Å². The summed E-state index contributed by atoms with van der Waals surface area (Å²) in [6, 6.07) is -2.30. The molecule has 4 nitrogen and oxygen atoms in total. The molecule has 17 heavy (non-hydrogen) atoms. The van der Waals surface area contributed by atoms with E-state index in [1.54, 1.807) is 0 Å². The van der Waals surface area contributed by atoms with Crippen LogP contribution in [0.25, 0.3) is 0 Å². The molecule has 0 aliphatic carbocycles. The van der Waals surface area contributed by atoms with Gasteiger partial charge in [-0.05, 0) is 32.4 Å². The van der Waals surface area contributed by atoms with Gasteiger partial charge in [-0.1, -0.05) is 0 Å². The molecule has 1 aliphatic rings. The van der Waals surface area contributed by atoms with Crippen LogP contribution in [-0.2, 0) is 4.79 Å². The van der Waals surface area contributed by atoms with Gasteiger partial charge < -0.3 is 11.1 Å². The minimum atomic E-state index is -4.34. The Balaban J connectivity index is 2.82. The molecular weight excluding hydrogens is 235 g/mol. The molecule has 2 unspecified atom stereocenters. The van der Waals surface area contributed by atoms with Crippen LogP contribution >= 0.6 is 0 Å². The summed E-state index contributed by atoms with van der Waals surface area (Å²) >= 11 is 0. The topological polar surface area (TPSA) is 58.4 Å². The van der Waals surface area contributed by atoms with E-state index in [2.05, 4.69) is 5.32 Å². The lowest BCUT2D eigenvalue weighted by Crippen LogP contribution is -2.53. The number of hydrogen-bond donors (Lipinski definition) is 2. The largest absolute Gasteiger partial charge is 0.404 e. The van der Waals surface area contributed by atoms with Crippen LogP contribution in [0.2, 0.25) is 0 Å². The van der Waals surface area contributed by atoms with Crippen LogP contribution < -0.4 is 11.1 Å². The van der Waals surface area contributed by atoms with Crippen molar-refractivity contribution >= 4 is 5.91 Å². The van der Waals surface area contributed by atoms with E-state index in [9.17, 15) is 18.0 Å². The van der Waals surface area contributed by atoms with Gasteiger partial charge in [0, 0.05) is 7.05 Å². The Morgan fingerprint density at radius 1 is 1.59 bits per heavy atom. The van der Waals surface area contributed by atoms with Crippen LogP contribution in [0, 0.1) is 0 Å². The van der Waals surface area contributed by atoms with Crippen molar-refractivity contribution in [2.24, 2.45) is 5.73 Å². The highest BCUT2D eigenvalue weighted by atomic mass is 19.4. The molecule has 0 saturated carbocycles. The lowest BCUT2D eigenvalue weighted by molar-refractivity contribution is -0.187. The number of rotatable bonds is 4. The molecule has 0 aromatic rings. The quantitative estimate of drug-likeness (QED) is 0.766. The summed E-state index contributed by atoms with van der Waals surface area (Å²) in [5.74, 6) is -0.353. The monoisotopic (exact) mass is 253 g/mol. The first-order chi connectivity index (χ1) is 7.91. The van der Waals surface area contributed by atoms with Gasteiger partial charge in [0.2, 0.25) is 5.91 Å². The van der Waals surface area contributed by atoms with Gasteiger partial charge in [0.15, 0.2) is 0 Å². The van der Waals surface area contributed by atoms with Gasteiger partial charge >= 0.3 is 6.18 Å². The van der Waals surface area contributed by atoms with Crippen LogP contribution in [0.3, 0.4) is 0 Å². The Bertz CT molecular complexity index is 270. The molecule has 0 radical (unpaired) electrons. The maximum atomic E-state index is 12.9. The van der Waals surface area contributed by atoms with Crippen LogP contribution in [-0.4, -0.2) is 49.2 Å². The molecule has 0 spiro atoms. The van der Waals surface area contributed by atoms with Gasteiger partial charge in [-0.2, -0.15) is 13.2 Å². The maximum Gasteiger partial charge on any atom is 0.404 e. The second kappa shape index (κ2) is 5.68. The van der Waals surface area contributed by atoms with Gasteiger partial charge in [0.25, 0.3) is 0 Å². The first-order valence-electron chi connectivity index (χ1n) is 5.66. The predicted octanol–water partition coefficient (Wildman–Crippen LogP) is 0.476. The number of likely N-dealkylation sites (tertiary alicyclic amines) is 1. The number of carbonyl (C=O) groups is 1. The van der Waals surface area contributed by atoms with Crippen molar-refractivity contribution in [2.75, 3.05) is 20.1 Å². The second-order valence-corrected chi connectivity index (χ2v) is 4.14. The summed E-state index contributed by atoms with van der Waals surface area (Å²) in [6.07, 6.45) is -3.43. The molecule has 100 valence electrons. The van der Waals surface area contributed by atoms with E-state index in [1.807, 2.05) is 0 Å². The highest BCUT2D eigenvalue weighted by molar-refractivity contribution is 5.81. The predicted molar refractivity (Wildman–Crippen MR) is 57.3 cm³/mol. The maximum absolute atomic E-state index is 12.9. The number of hydrogen-bond acceptors (Lipinski definition) is 3. The second-order valence-electron chi connectivity index (χ2n) is 4.14. The Morgan fingerprint density at radius 2 is 2.24 bits per heavy atom. The van der Waals surface area contributed by atoms with Crippen LogP contribution in [0.15, 0.2) is 0 Å². The van der Waals surface area contributed by atoms with Gasteiger partial charge in [-0.15, -0.1) is 0 Å². The zero-order valence-corrected chi connectivity index (χ0v) is 9.76. The van der Waals surface area contributed by atoms with Crippen molar-refractivity contribution in [3.8, 4) is 0 Å². The molecule has 1 fully saturated rings. The summed E-state index contributed by atoms with van der Waals surface area (Å²) < 4.78 is 38.6. The van der Waals surface area contributed by atoms with Crippen LogP contribution in [0.4, 0.5) is 13.2 Å². The Morgan fingerprint density at radius 3 is 2.71 bits per heavy atom. The summed E-state index contributed by atoms with van der Waals surface area (Å²) in [4.78, 5) is 12.7.